The Labute approximate surface area is 217 Å². The summed E-state index contributed by atoms with van der Waals surface area (Å²) in [5.74, 6) is 0.599. The maximum atomic E-state index is 14.1. The summed E-state index contributed by atoms with van der Waals surface area (Å²) in [5.41, 5.74) is 1.82. The van der Waals surface area contributed by atoms with Crippen LogP contribution >= 0.6 is 0 Å². The number of benzene rings is 1. The van der Waals surface area contributed by atoms with Gasteiger partial charge in [-0.05, 0) is 37.1 Å². The predicted molar refractivity (Wildman–Crippen MR) is 139 cm³/mol. The van der Waals surface area contributed by atoms with Crippen LogP contribution in [0.3, 0.4) is 0 Å². The second-order valence-electron chi connectivity index (χ2n) is 9.62. The summed E-state index contributed by atoms with van der Waals surface area (Å²) in [6, 6.07) is 15.2. The van der Waals surface area contributed by atoms with E-state index >= 15 is 0 Å². The molecule has 2 amide bonds. The summed E-state index contributed by atoms with van der Waals surface area (Å²) in [5, 5.41) is 3.42. The molecule has 37 heavy (non-hydrogen) atoms. The minimum atomic E-state index is -0.161. The first-order valence-electron chi connectivity index (χ1n) is 13.2. The molecule has 2 aliphatic heterocycles. The zero-order valence-electron chi connectivity index (χ0n) is 21.3. The monoisotopic (exact) mass is 505 g/mol. The van der Waals surface area contributed by atoms with E-state index in [0.29, 0.717) is 63.7 Å². The van der Waals surface area contributed by atoms with E-state index in [1.807, 2.05) is 68.9 Å². The third kappa shape index (κ3) is 5.62. The van der Waals surface area contributed by atoms with Crippen molar-refractivity contribution in [2.75, 3.05) is 45.9 Å². The van der Waals surface area contributed by atoms with Crippen molar-refractivity contribution in [3.63, 3.8) is 0 Å². The zero-order chi connectivity index (χ0) is 25.6. The summed E-state index contributed by atoms with van der Waals surface area (Å²) in [4.78, 5) is 35.8. The van der Waals surface area contributed by atoms with Gasteiger partial charge in [0.05, 0.1) is 24.8 Å². The van der Waals surface area contributed by atoms with E-state index < -0.39 is 0 Å². The molecule has 1 N–H and O–H groups in total. The highest BCUT2D eigenvalue weighted by molar-refractivity contribution is 5.94. The summed E-state index contributed by atoms with van der Waals surface area (Å²) in [7, 11) is 0. The molecule has 4 heterocycles. The fraction of sp³-hybridized carbons (Fsp3) is 0.464. The summed E-state index contributed by atoms with van der Waals surface area (Å²) in [6.45, 7) is 6.58. The zero-order valence-corrected chi connectivity index (χ0v) is 21.3. The molecule has 2 atom stereocenters. The highest BCUT2D eigenvalue weighted by Crippen LogP contribution is 2.24. The minimum Gasteiger partial charge on any atom is -0.487 e. The Bertz CT molecular complexity index is 1210. The van der Waals surface area contributed by atoms with Gasteiger partial charge in [-0.3, -0.25) is 14.0 Å². The number of nitrogens with zero attached hydrogens (tertiary/aromatic N) is 4. The lowest BCUT2D eigenvalue weighted by molar-refractivity contribution is -0.140. The number of amides is 2. The van der Waals surface area contributed by atoms with E-state index in [1.165, 1.54) is 0 Å². The molecule has 5 rings (SSSR count). The first-order chi connectivity index (χ1) is 18.2. The van der Waals surface area contributed by atoms with Crippen LogP contribution in [-0.4, -0.2) is 83.0 Å². The molecule has 196 valence electrons. The van der Waals surface area contributed by atoms with Crippen LogP contribution in [0.2, 0.25) is 0 Å². The molecule has 9 heteroatoms. The molecule has 0 bridgehead atoms. The number of imidazole rings is 1. The molecular weight excluding hydrogens is 470 g/mol. The molecule has 2 aromatic heterocycles. The first-order valence-corrected chi connectivity index (χ1v) is 13.2. The van der Waals surface area contributed by atoms with Crippen LogP contribution in [0.25, 0.3) is 5.65 Å². The van der Waals surface area contributed by atoms with Crippen molar-refractivity contribution in [3.8, 4) is 5.75 Å². The van der Waals surface area contributed by atoms with Crippen molar-refractivity contribution < 1.29 is 19.1 Å². The molecular formula is C28H35N5O4. The summed E-state index contributed by atoms with van der Waals surface area (Å²) in [6.07, 6.45) is 3.36. The van der Waals surface area contributed by atoms with Gasteiger partial charge >= 0.3 is 0 Å². The van der Waals surface area contributed by atoms with E-state index in [2.05, 4.69) is 12.2 Å². The molecule has 0 saturated carbocycles. The van der Waals surface area contributed by atoms with E-state index in [1.54, 1.807) is 0 Å². The SMILES string of the molecule is CCCN(C(=O)c1nc2ccccn2c1COc1ccccc1)[C@@H]1CNCC(C(=O)N2CCOCC2)C1. The van der Waals surface area contributed by atoms with Crippen LogP contribution in [-0.2, 0) is 16.1 Å². The smallest absolute Gasteiger partial charge is 0.274 e. The lowest BCUT2D eigenvalue weighted by Crippen LogP contribution is -2.55. The van der Waals surface area contributed by atoms with Crippen LogP contribution in [0.15, 0.2) is 54.7 Å². The average Bonchev–Trinajstić information content (AvgIpc) is 3.33. The van der Waals surface area contributed by atoms with Crippen LogP contribution < -0.4 is 10.1 Å². The molecule has 2 saturated heterocycles. The Morgan fingerprint density at radius 3 is 2.68 bits per heavy atom. The number of hydrogen-bond acceptors (Lipinski definition) is 6. The fourth-order valence-corrected chi connectivity index (χ4v) is 5.24. The molecule has 0 aliphatic carbocycles. The highest BCUT2D eigenvalue weighted by atomic mass is 16.5. The minimum absolute atomic E-state index is 0.0936. The number of morpholine rings is 1. The third-order valence-electron chi connectivity index (χ3n) is 7.12. The molecule has 2 fully saturated rings. The number of carbonyl (C=O) groups excluding carboxylic acids is 2. The van der Waals surface area contributed by atoms with Gasteiger partial charge in [0, 0.05) is 45.0 Å². The maximum Gasteiger partial charge on any atom is 0.274 e. The van der Waals surface area contributed by atoms with E-state index in [0.717, 1.165) is 17.9 Å². The number of aromatic nitrogens is 2. The Morgan fingerprint density at radius 2 is 1.89 bits per heavy atom. The summed E-state index contributed by atoms with van der Waals surface area (Å²) < 4.78 is 13.4. The normalized spacial score (nSPS) is 20.1. The maximum absolute atomic E-state index is 14.1. The number of piperidine rings is 1. The van der Waals surface area contributed by atoms with Gasteiger partial charge in [0.15, 0.2) is 5.69 Å². The predicted octanol–water partition coefficient (Wildman–Crippen LogP) is 2.60. The van der Waals surface area contributed by atoms with E-state index in [9.17, 15) is 9.59 Å². The van der Waals surface area contributed by atoms with Crippen molar-refractivity contribution in [2.45, 2.75) is 32.4 Å². The van der Waals surface area contributed by atoms with E-state index in [4.69, 9.17) is 14.5 Å². The Balaban J connectivity index is 1.38. The lowest BCUT2D eigenvalue weighted by atomic mass is 9.92. The van der Waals surface area contributed by atoms with Crippen LogP contribution in [0.1, 0.15) is 35.9 Å². The van der Waals surface area contributed by atoms with Crippen molar-refractivity contribution in [3.05, 3.63) is 66.1 Å². The first kappa shape index (κ1) is 25.2. The van der Waals surface area contributed by atoms with Crippen LogP contribution in [0.4, 0.5) is 0 Å². The average molecular weight is 506 g/mol. The van der Waals surface area contributed by atoms with Gasteiger partial charge in [0.1, 0.15) is 18.0 Å². The number of ether oxygens (including phenoxy) is 2. The Kier molecular flexibility index (Phi) is 8.01. The van der Waals surface area contributed by atoms with Crippen molar-refractivity contribution in [1.82, 2.24) is 24.5 Å². The largest absolute Gasteiger partial charge is 0.487 e. The highest BCUT2D eigenvalue weighted by Gasteiger charge is 2.36. The van der Waals surface area contributed by atoms with Gasteiger partial charge in [0.25, 0.3) is 5.91 Å². The fourth-order valence-electron chi connectivity index (χ4n) is 5.24. The van der Waals surface area contributed by atoms with Gasteiger partial charge in [-0.2, -0.15) is 0 Å². The van der Waals surface area contributed by atoms with Crippen molar-refractivity contribution >= 4 is 17.5 Å². The molecule has 1 aromatic carbocycles. The number of fused-ring (bicyclic) bond motifs is 1. The topological polar surface area (TPSA) is 88.4 Å². The second kappa shape index (κ2) is 11.7. The molecule has 1 unspecified atom stereocenters. The molecule has 0 spiro atoms. The number of para-hydroxylation sites is 1. The quantitative estimate of drug-likeness (QED) is 0.506. The number of hydrogen-bond donors (Lipinski definition) is 1. The van der Waals surface area contributed by atoms with Crippen LogP contribution in [0, 0.1) is 5.92 Å². The Hall–Kier alpha value is -3.43. The second-order valence-corrected chi connectivity index (χ2v) is 9.62. The number of carbonyl (C=O) groups is 2. The molecule has 3 aromatic rings. The van der Waals surface area contributed by atoms with Gasteiger partial charge in [-0.1, -0.05) is 31.2 Å². The van der Waals surface area contributed by atoms with Crippen LogP contribution in [0.5, 0.6) is 5.75 Å². The van der Waals surface area contributed by atoms with Crippen molar-refractivity contribution in [1.29, 1.82) is 0 Å². The summed E-state index contributed by atoms with van der Waals surface area (Å²) >= 11 is 0. The molecule has 2 aliphatic rings. The molecule has 9 nitrogen and oxygen atoms in total. The number of rotatable bonds is 8. The Morgan fingerprint density at radius 1 is 1.11 bits per heavy atom. The number of pyridine rings is 1. The standard InChI is InChI=1S/C28H35N5O4/c1-2-11-32(22-17-21(18-29-19-22)27(34)31-13-15-36-16-14-31)28(35)26-24(20-37-23-8-4-3-5-9-23)33-12-7-6-10-25(33)30-26/h3-10,12,21-22,29H,2,11,13-20H2,1H3/t21?,22-/m0/s1. The third-order valence-corrected chi connectivity index (χ3v) is 7.12. The van der Waals surface area contributed by atoms with Crippen molar-refractivity contribution in [2.24, 2.45) is 5.92 Å². The number of nitrogens with one attached hydrogen (secondary N) is 1. The lowest BCUT2D eigenvalue weighted by Gasteiger charge is -2.39. The van der Waals surface area contributed by atoms with Gasteiger partial charge in [-0.15, -0.1) is 0 Å². The van der Waals surface area contributed by atoms with Gasteiger partial charge < -0.3 is 24.6 Å². The van der Waals surface area contributed by atoms with Gasteiger partial charge in [-0.25, -0.2) is 4.98 Å². The molecule has 0 radical (unpaired) electrons. The van der Waals surface area contributed by atoms with Gasteiger partial charge in [0.2, 0.25) is 5.91 Å². The van der Waals surface area contributed by atoms with E-state index in [-0.39, 0.29) is 30.4 Å².